The van der Waals surface area contributed by atoms with Crippen molar-refractivity contribution in [1.82, 2.24) is 5.32 Å². The summed E-state index contributed by atoms with van der Waals surface area (Å²) in [5.41, 5.74) is 1.12. The van der Waals surface area contributed by atoms with Crippen LogP contribution >= 0.6 is 0 Å². The van der Waals surface area contributed by atoms with Crippen molar-refractivity contribution < 1.29 is 9.90 Å². The maximum absolute atomic E-state index is 10.9. The van der Waals surface area contributed by atoms with E-state index in [1.54, 1.807) is 0 Å². The first-order valence-electron chi connectivity index (χ1n) is 5.79. The summed E-state index contributed by atoms with van der Waals surface area (Å²) in [6, 6.07) is 9.44. The lowest BCUT2D eigenvalue weighted by Gasteiger charge is -2.16. The van der Waals surface area contributed by atoms with Gasteiger partial charge in [0.1, 0.15) is 6.04 Å². The van der Waals surface area contributed by atoms with Crippen molar-refractivity contribution in [3.63, 3.8) is 0 Å². The Bertz CT molecular complexity index is 371. The smallest absolute Gasteiger partial charge is 0.320 e. The van der Waals surface area contributed by atoms with E-state index in [4.69, 9.17) is 5.11 Å². The molecule has 0 amide bonds. The second-order valence-corrected chi connectivity index (χ2v) is 4.28. The molecule has 3 heteroatoms. The Morgan fingerprint density at radius 1 is 1.35 bits per heavy atom. The molecule has 0 heterocycles. The summed E-state index contributed by atoms with van der Waals surface area (Å²) in [7, 11) is 0. The van der Waals surface area contributed by atoms with Gasteiger partial charge < -0.3 is 10.4 Å². The van der Waals surface area contributed by atoms with Crippen molar-refractivity contribution in [2.75, 3.05) is 6.54 Å². The summed E-state index contributed by atoms with van der Waals surface area (Å²) in [6.45, 7) is 4.35. The van der Waals surface area contributed by atoms with Crippen LogP contribution in [0.3, 0.4) is 0 Å². The van der Waals surface area contributed by atoms with Gasteiger partial charge in [-0.05, 0) is 11.5 Å². The Labute approximate surface area is 102 Å². The van der Waals surface area contributed by atoms with Gasteiger partial charge in [-0.3, -0.25) is 4.79 Å². The fourth-order valence-corrected chi connectivity index (χ4v) is 1.56. The fourth-order valence-electron chi connectivity index (χ4n) is 1.56. The van der Waals surface area contributed by atoms with Crippen molar-refractivity contribution >= 4 is 12.0 Å². The maximum Gasteiger partial charge on any atom is 0.320 e. The van der Waals surface area contributed by atoms with Crippen molar-refractivity contribution in [2.45, 2.75) is 19.9 Å². The first kappa shape index (κ1) is 13.5. The standard InChI is InChI=1S/C14H19NO2/c1-11(2)13(14(16)17)15-10-6-9-12-7-4-3-5-8-12/h3-9,11,13,15H,10H2,1-2H3,(H,16,17)/b9-6-/t13-/m1/s1. The lowest BCUT2D eigenvalue weighted by atomic mass is 10.1. The Morgan fingerprint density at radius 3 is 2.53 bits per heavy atom. The predicted molar refractivity (Wildman–Crippen MR) is 69.7 cm³/mol. The number of nitrogens with one attached hydrogen (secondary N) is 1. The fraction of sp³-hybridized carbons (Fsp3) is 0.357. The van der Waals surface area contributed by atoms with E-state index in [-0.39, 0.29) is 5.92 Å². The van der Waals surface area contributed by atoms with Gasteiger partial charge in [-0.15, -0.1) is 0 Å². The highest BCUT2D eigenvalue weighted by Crippen LogP contribution is 2.02. The second kappa shape index (κ2) is 6.86. The summed E-state index contributed by atoms with van der Waals surface area (Å²) in [5, 5.41) is 12.0. The minimum atomic E-state index is -0.798. The largest absolute Gasteiger partial charge is 0.480 e. The van der Waals surface area contributed by atoms with Crippen molar-refractivity contribution in [3.8, 4) is 0 Å². The number of benzene rings is 1. The number of carbonyl (C=O) groups is 1. The third-order valence-corrected chi connectivity index (χ3v) is 2.50. The van der Waals surface area contributed by atoms with Gasteiger partial charge in [0, 0.05) is 6.54 Å². The van der Waals surface area contributed by atoms with Crippen LogP contribution in [0, 0.1) is 5.92 Å². The van der Waals surface area contributed by atoms with Crippen LogP contribution in [0.2, 0.25) is 0 Å². The number of hydrogen-bond acceptors (Lipinski definition) is 2. The Kier molecular flexibility index (Phi) is 5.43. The molecule has 0 aliphatic rings. The van der Waals surface area contributed by atoms with Crippen LogP contribution in [0.5, 0.6) is 0 Å². The zero-order valence-corrected chi connectivity index (χ0v) is 10.3. The lowest BCUT2D eigenvalue weighted by molar-refractivity contribution is -0.140. The second-order valence-electron chi connectivity index (χ2n) is 4.28. The molecule has 92 valence electrons. The van der Waals surface area contributed by atoms with Crippen LogP contribution in [0.4, 0.5) is 0 Å². The number of carboxylic acid groups (broad SMARTS) is 1. The molecule has 1 aromatic carbocycles. The van der Waals surface area contributed by atoms with Crippen LogP contribution in [0.15, 0.2) is 36.4 Å². The van der Waals surface area contributed by atoms with Crippen LogP contribution < -0.4 is 5.32 Å². The normalized spacial score (nSPS) is 13.1. The molecule has 1 aromatic rings. The molecule has 0 spiro atoms. The minimum absolute atomic E-state index is 0.0811. The molecule has 0 radical (unpaired) electrons. The summed E-state index contributed by atoms with van der Waals surface area (Å²) in [4.78, 5) is 10.9. The number of hydrogen-bond donors (Lipinski definition) is 2. The maximum atomic E-state index is 10.9. The summed E-state index contributed by atoms with van der Waals surface area (Å²) in [5.74, 6) is -0.717. The molecule has 0 saturated heterocycles. The predicted octanol–water partition coefficient (Wildman–Crippen LogP) is 2.40. The molecule has 1 atom stereocenters. The van der Waals surface area contributed by atoms with Gasteiger partial charge in [0.05, 0.1) is 0 Å². The highest BCUT2D eigenvalue weighted by atomic mass is 16.4. The Balaban J connectivity index is 2.41. The molecule has 0 aliphatic carbocycles. The molecular weight excluding hydrogens is 214 g/mol. The number of aliphatic carboxylic acids is 1. The third kappa shape index (κ3) is 4.83. The van der Waals surface area contributed by atoms with Crippen molar-refractivity contribution in [1.29, 1.82) is 0 Å². The monoisotopic (exact) mass is 233 g/mol. The van der Waals surface area contributed by atoms with Crippen LogP contribution in [-0.2, 0) is 4.79 Å². The van der Waals surface area contributed by atoms with E-state index in [1.807, 2.05) is 56.3 Å². The molecule has 3 nitrogen and oxygen atoms in total. The average molecular weight is 233 g/mol. The zero-order valence-electron chi connectivity index (χ0n) is 10.3. The highest BCUT2D eigenvalue weighted by Gasteiger charge is 2.19. The van der Waals surface area contributed by atoms with Gasteiger partial charge in [-0.1, -0.05) is 56.3 Å². The third-order valence-electron chi connectivity index (χ3n) is 2.50. The first-order chi connectivity index (χ1) is 8.11. The van der Waals surface area contributed by atoms with Crippen molar-refractivity contribution in [2.24, 2.45) is 5.92 Å². The van der Waals surface area contributed by atoms with Gasteiger partial charge >= 0.3 is 5.97 Å². The van der Waals surface area contributed by atoms with Crippen LogP contribution in [-0.4, -0.2) is 23.7 Å². The summed E-state index contributed by atoms with van der Waals surface area (Å²) in [6.07, 6.45) is 3.92. The Hall–Kier alpha value is -1.61. The van der Waals surface area contributed by atoms with Gasteiger partial charge in [-0.2, -0.15) is 0 Å². The van der Waals surface area contributed by atoms with E-state index in [0.717, 1.165) is 5.56 Å². The molecule has 0 saturated carbocycles. The highest BCUT2D eigenvalue weighted by molar-refractivity contribution is 5.73. The van der Waals surface area contributed by atoms with Crippen LogP contribution in [0.25, 0.3) is 6.08 Å². The molecule has 0 fully saturated rings. The van der Waals surface area contributed by atoms with Gasteiger partial charge in [0.25, 0.3) is 0 Å². The van der Waals surface area contributed by atoms with E-state index in [0.29, 0.717) is 6.54 Å². The molecule has 17 heavy (non-hydrogen) atoms. The van der Waals surface area contributed by atoms with E-state index in [1.165, 1.54) is 0 Å². The first-order valence-corrected chi connectivity index (χ1v) is 5.79. The van der Waals surface area contributed by atoms with Gasteiger partial charge in [0.2, 0.25) is 0 Å². The number of carboxylic acids is 1. The SMILES string of the molecule is CC(C)[C@@H](NC/C=C\c1ccccc1)C(=O)O. The van der Waals surface area contributed by atoms with Gasteiger partial charge in [-0.25, -0.2) is 0 Å². The van der Waals surface area contributed by atoms with E-state index >= 15 is 0 Å². The Morgan fingerprint density at radius 2 is 2.00 bits per heavy atom. The molecule has 0 unspecified atom stereocenters. The topological polar surface area (TPSA) is 49.3 Å². The zero-order chi connectivity index (χ0) is 12.7. The quantitative estimate of drug-likeness (QED) is 0.793. The van der Waals surface area contributed by atoms with E-state index in [2.05, 4.69) is 5.32 Å². The average Bonchev–Trinajstić information content (AvgIpc) is 2.29. The summed E-state index contributed by atoms with van der Waals surface area (Å²) >= 11 is 0. The molecule has 0 bridgehead atoms. The molecule has 0 aromatic heterocycles. The van der Waals surface area contributed by atoms with Crippen molar-refractivity contribution in [3.05, 3.63) is 42.0 Å². The molecule has 2 N–H and O–H groups in total. The molecule has 0 aliphatic heterocycles. The molecule has 1 rings (SSSR count). The lowest BCUT2D eigenvalue weighted by Crippen LogP contribution is -2.40. The van der Waals surface area contributed by atoms with E-state index < -0.39 is 12.0 Å². The minimum Gasteiger partial charge on any atom is -0.480 e. The van der Waals surface area contributed by atoms with E-state index in [9.17, 15) is 4.79 Å². The van der Waals surface area contributed by atoms with Gasteiger partial charge in [0.15, 0.2) is 0 Å². The molecular formula is C14H19NO2. The summed E-state index contributed by atoms with van der Waals surface area (Å²) < 4.78 is 0. The number of rotatable bonds is 6. The van der Waals surface area contributed by atoms with Crippen LogP contribution in [0.1, 0.15) is 19.4 Å².